The minimum Gasteiger partial charge on any atom is -0.748 e. The van der Waals surface area contributed by atoms with Gasteiger partial charge in [0.05, 0.1) is 10.1 Å². The van der Waals surface area contributed by atoms with Gasteiger partial charge < -0.3 is 4.55 Å². The molecule has 0 atom stereocenters. The van der Waals surface area contributed by atoms with Gasteiger partial charge in [0.2, 0.25) is 0 Å². The largest absolute Gasteiger partial charge is 0.748 e. The molecule has 0 aromatic rings. The number of carbonyl (C=O) groups excluding carboxylic acids is 1. The molecule has 14 heavy (non-hydrogen) atoms. The summed E-state index contributed by atoms with van der Waals surface area (Å²) >= 11 is 0. The zero-order valence-electron chi connectivity index (χ0n) is 8.74. The van der Waals surface area contributed by atoms with E-state index in [2.05, 4.69) is 6.58 Å². The Kier molecular flexibility index (Phi) is 5.78. The van der Waals surface area contributed by atoms with Gasteiger partial charge in [-0.25, -0.2) is 8.42 Å². The van der Waals surface area contributed by atoms with Crippen molar-refractivity contribution >= 4 is 15.9 Å². The highest BCUT2D eigenvalue weighted by molar-refractivity contribution is 7.85. The SMILES string of the molecule is C=CC(=O)CC(C)(C)CS(=O)(=O)[O-].[CH3+]. The predicted molar refractivity (Wildman–Crippen MR) is 54.6 cm³/mol. The summed E-state index contributed by atoms with van der Waals surface area (Å²) in [7, 11) is -4.27. The molecule has 0 saturated heterocycles. The van der Waals surface area contributed by atoms with Crippen LogP contribution >= 0.6 is 0 Å². The molecule has 0 aliphatic heterocycles. The summed E-state index contributed by atoms with van der Waals surface area (Å²) in [5, 5.41) is 0. The fraction of sp³-hybridized carbons (Fsp3) is 0.556. The van der Waals surface area contributed by atoms with E-state index in [1.807, 2.05) is 0 Å². The van der Waals surface area contributed by atoms with E-state index in [1.165, 1.54) is 0 Å². The molecule has 4 nitrogen and oxygen atoms in total. The molecule has 0 fully saturated rings. The summed E-state index contributed by atoms with van der Waals surface area (Å²) in [5.41, 5.74) is -0.814. The molecule has 0 heterocycles. The van der Waals surface area contributed by atoms with Gasteiger partial charge in [0.15, 0.2) is 5.78 Å². The van der Waals surface area contributed by atoms with Gasteiger partial charge in [0, 0.05) is 19.6 Å². The lowest BCUT2D eigenvalue weighted by atomic mass is 9.90. The van der Waals surface area contributed by atoms with E-state index in [9.17, 15) is 17.8 Å². The van der Waals surface area contributed by atoms with Crippen LogP contribution in [0.4, 0.5) is 0 Å². The Morgan fingerprint density at radius 3 is 2.21 bits per heavy atom. The quantitative estimate of drug-likeness (QED) is 0.396. The molecule has 0 radical (unpaired) electrons. The van der Waals surface area contributed by atoms with Gasteiger partial charge in [-0.15, -0.1) is 0 Å². The second-order valence-corrected chi connectivity index (χ2v) is 5.12. The van der Waals surface area contributed by atoms with Crippen LogP contribution in [0.25, 0.3) is 0 Å². The molecule has 0 aliphatic carbocycles. The van der Waals surface area contributed by atoms with Crippen LogP contribution < -0.4 is 0 Å². The summed E-state index contributed by atoms with van der Waals surface area (Å²) in [6, 6.07) is 0. The molecule has 0 amide bonds. The van der Waals surface area contributed by atoms with Crippen LogP contribution in [0.2, 0.25) is 0 Å². The van der Waals surface area contributed by atoms with Gasteiger partial charge >= 0.3 is 0 Å². The topological polar surface area (TPSA) is 74.3 Å². The maximum Gasteiger partial charge on any atom is 0.155 e. The Balaban J connectivity index is 0. The third-order valence-electron chi connectivity index (χ3n) is 1.45. The molecule has 0 spiro atoms. The monoisotopic (exact) mass is 220 g/mol. The van der Waals surface area contributed by atoms with Crippen molar-refractivity contribution in [2.45, 2.75) is 20.3 Å². The van der Waals surface area contributed by atoms with Gasteiger partial charge in [-0.1, -0.05) is 20.4 Å². The smallest absolute Gasteiger partial charge is 0.155 e. The highest BCUT2D eigenvalue weighted by Gasteiger charge is 2.23. The van der Waals surface area contributed by atoms with Crippen molar-refractivity contribution in [3.8, 4) is 0 Å². The maximum absolute atomic E-state index is 10.9. The zero-order valence-corrected chi connectivity index (χ0v) is 9.56. The Hall–Kier alpha value is -0.810. The highest BCUT2D eigenvalue weighted by atomic mass is 32.2. The van der Waals surface area contributed by atoms with Crippen LogP contribution in [0.5, 0.6) is 0 Å². The summed E-state index contributed by atoms with van der Waals surface area (Å²) in [4.78, 5) is 10.9. The predicted octanol–water partition coefficient (Wildman–Crippen LogP) is 1.15. The van der Waals surface area contributed by atoms with Crippen LogP contribution in [0, 0.1) is 12.8 Å². The molecule has 0 rings (SSSR count). The molecular weight excluding hydrogens is 204 g/mol. The average molecular weight is 220 g/mol. The molecular formula is C9H16O4S. The second kappa shape index (κ2) is 5.17. The number of ketones is 1. The van der Waals surface area contributed by atoms with Gasteiger partial charge in [-0.05, 0) is 11.5 Å². The summed E-state index contributed by atoms with van der Waals surface area (Å²) in [5.74, 6) is -0.784. The van der Waals surface area contributed by atoms with Crippen LogP contribution in [0.3, 0.4) is 0 Å². The maximum atomic E-state index is 10.9. The molecule has 82 valence electrons. The van der Waals surface area contributed by atoms with Crippen molar-refractivity contribution in [3.63, 3.8) is 0 Å². The molecule has 0 aromatic carbocycles. The second-order valence-electron chi connectivity index (χ2n) is 3.71. The van der Waals surface area contributed by atoms with Crippen LogP contribution in [0.15, 0.2) is 12.7 Å². The van der Waals surface area contributed by atoms with E-state index in [-0.39, 0.29) is 19.6 Å². The van der Waals surface area contributed by atoms with Gasteiger partial charge in [-0.3, -0.25) is 4.79 Å². The third-order valence-corrected chi connectivity index (χ3v) is 2.58. The minimum atomic E-state index is -4.27. The number of carbonyl (C=O) groups is 1. The molecule has 0 aromatic heterocycles. The van der Waals surface area contributed by atoms with Crippen LogP contribution in [-0.4, -0.2) is 24.5 Å². The third kappa shape index (κ3) is 7.82. The molecule has 0 unspecified atom stereocenters. The first-order chi connectivity index (χ1) is 5.66. The Morgan fingerprint density at radius 2 is 1.93 bits per heavy atom. The van der Waals surface area contributed by atoms with Crippen molar-refractivity contribution < 1.29 is 17.8 Å². The summed E-state index contributed by atoms with van der Waals surface area (Å²) < 4.78 is 31.3. The van der Waals surface area contributed by atoms with Crippen molar-refractivity contribution in [1.82, 2.24) is 0 Å². The van der Waals surface area contributed by atoms with Gasteiger partial charge in [0.1, 0.15) is 0 Å². The fourth-order valence-corrected chi connectivity index (χ4v) is 2.13. The molecule has 0 bridgehead atoms. The average Bonchev–Trinajstić information content (AvgIpc) is 1.80. The molecule has 0 aliphatic rings. The summed E-state index contributed by atoms with van der Waals surface area (Å²) in [6.07, 6.45) is 1.15. The van der Waals surface area contributed by atoms with Crippen LogP contribution in [0.1, 0.15) is 20.3 Å². The first kappa shape index (κ1) is 15.7. The van der Waals surface area contributed by atoms with Crippen molar-refractivity contribution in [1.29, 1.82) is 0 Å². The van der Waals surface area contributed by atoms with E-state index in [4.69, 9.17) is 0 Å². The zero-order chi connectivity index (χ0) is 10.7. The number of allylic oxidation sites excluding steroid dienone is 1. The van der Waals surface area contributed by atoms with Crippen molar-refractivity contribution in [2.24, 2.45) is 5.41 Å². The van der Waals surface area contributed by atoms with E-state index in [1.54, 1.807) is 13.8 Å². The first-order valence-corrected chi connectivity index (χ1v) is 5.33. The van der Waals surface area contributed by atoms with E-state index in [0.717, 1.165) is 6.08 Å². The number of hydrogen-bond donors (Lipinski definition) is 0. The van der Waals surface area contributed by atoms with Crippen molar-refractivity contribution in [3.05, 3.63) is 20.1 Å². The first-order valence-electron chi connectivity index (χ1n) is 3.75. The lowest BCUT2D eigenvalue weighted by Crippen LogP contribution is -2.26. The molecule has 0 saturated carbocycles. The lowest BCUT2D eigenvalue weighted by Gasteiger charge is -2.24. The lowest BCUT2D eigenvalue weighted by molar-refractivity contribution is -0.116. The Bertz CT molecular complexity index is 301. The Labute approximate surface area is 85.8 Å². The van der Waals surface area contributed by atoms with E-state index in [0.29, 0.717) is 0 Å². The normalized spacial score (nSPS) is 11.6. The van der Waals surface area contributed by atoms with Gasteiger partial charge in [0.25, 0.3) is 0 Å². The summed E-state index contributed by atoms with van der Waals surface area (Å²) in [6.45, 7) is 6.38. The Morgan fingerprint density at radius 1 is 1.50 bits per heavy atom. The molecule has 0 N–H and O–H groups in total. The van der Waals surface area contributed by atoms with Crippen molar-refractivity contribution in [2.75, 3.05) is 5.75 Å². The van der Waals surface area contributed by atoms with E-state index < -0.39 is 21.3 Å². The van der Waals surface area contributed by atoms with E-state index >= 15 is 0 Å². The minimum absolute atomic E-state index is 0. The fourth-order valence-electron chi connectivity index (χ4n) is 1.07. The number of hydrogen-bond acceptors (Lipinski definition) is 4. The highest BCUT2D eigenvalue weighted by Crippen LogP contribution is 2.22. The van der Waals surface area contributed by atoms with Crippen LogP contribution in [-0.2, 0) is 14.9 Å². The number of rotatable bonds is 5. The molecule has 5 heteroatoms. The standard InChI is InChI=1S/C8H14O4S.CH3/c1-4-7(9)5-8(2,3)6-13(10,11)12;/h4H,1,5-6H2,2-3H3,(H,10,11,12);1H3/q;+1/p-1. The van der Waals surface area contributed by atoms with Gasteiger partial charge in [-0.2, -0.15) is 0 Å².